The van der Waals surface area contributed by atoms with E-state index < -0.39 is 15.4 Å². The zero-order chi connectivity index (χ0) is 22.4. The summed E-state index contributed by atoms with van der Waals surface area (Å²) >= 11 is 6.89. The molecule has 4 fully saturated rings. The second kappa shape index (κ2) is 8.23. The van der Waals surface area contributed by atoms with E-state index in [4.69, 9.17) is 16.3 Å². The molecule has 2 unspecified atom stereocenters. The number of ether oxygens (including phenoxy) is 1. The summed E-state index contributed by atoms with van der Waals surface area (Å²) in [5, 5.41) is 3.04. The Morgan fingerprint density at radius 3 is 2.35 bits per heavy atom. The topological polar surface area (TPSA) is 75.7 Å². The molecule has 0 saturated heterocycles. The van der Waals surface area contributed by atoms with E-state index >= 15 is 0 Å². The van der Waals surface area contributed by atoms with Crippen molar-refractivity contribution in [2.45, 2.75) is 69.1 Å². The van der Waals surface area contributed by atoms with Gasteiger partial charge in [-0.1, -0.05) is 13.8 Å². The Hall–Kier alpha value is -1.31. The molecule has 31 heavy (non-hydrogen) atoms. The van der Waals surface area contributed by atoms with Crippen LogP contribution >= 0.6 is 11.6 Å². The number of anilines is 1. The van der Waals surface area contributed by atoms with E-state index in [0.29, 0.717) is 49.4 Å². The third-order valence-corrected chi connectivity index (χ3v) is 9.81. The largest absolute Gasteiger partial charge is 0.492 e. The maximum absolute atomic E-state index is 13.5. The number of halogens is 1. The number of nitrogens with zero attached hydrogens (tertiary/aromatic N) is 1. The lowest BCUT2D eigenvalue weighted by Crippen LogP contribution is -2.57. The fraction of sp³-hybridized carbons (Fsp3) is 0.696. The average molecular weight is 469 g/mol. The van der Waals surface area contributed by atoms with Crippen LogP contribution in [0.25, 0.3) is 0 Å². The molecule has 8 heteroatoms. The number of rotatable bonds is 8. The van der Waals surface area contributed by atoms with Crippen molar-refractivity contribution in [3.8, 4) is 5.75 Å². The van der Waals surface area contributed by atoms with Crippen LogP contribution in [0.15, 0.2) is 23.1 Å². The number of hydrogen-bond donors (Lipinski definition) is 1. The van der Waals surface area contributed by atoms with Gasteiger partial charge in [0.1, 0.15) is 10.6 Å². The molecule has 2 atom stereocenters. The van der Waals surface area contributed by atoms with Gasteiger partial charge in [0.25, 0.3) is 0 Å². The van der Waals surface area contributed by atoms with Crippen molar-refractivity contribution in [2.75, 3.05) is 25.0 Å². The Bertz CT molecular complexity index is 946. The Balaban J connectivity index is 1.63. The monoisotopic (exact) mass is 468 g/mol. The number of sulfonamides is 1. The predicted octanol–water partition coefficient (Wildman–Crippen LogP) is 4.63. The summed E-state index contributed by atoms with van der Waals surface area (Å²) in [4.78, 5) is 13.3. The lowest BCUT2D eigenvalue weighted by atomic mass is 9.49. The van der Waals surface area contributed by atoms with Crippen LogP contribution in [0, 0.1) is 17.3 Å². The van der Waals surface area contributed by atoms with Crippen molar-refractivity contribution in [1.82, 2.24) is 4.31 Å². The Morgan fingerprint density at radius 1 is 1.16 bits per heavy atom. The highest BCUT2D eigenvalue weighted by Crippen LogP contribution is 2.64. The van der Waals surface area contributed by atoms with Gasteiger partial charge in [-0.2, -0.15) is 4.31 Å². The fourth-order valence-electron chi connectivity index (χ4n) is 6.44. The normalized spacial score (nSPS) is 31.8. The minimum atomic E-state index is -3.73. The highest BCUT2D eigenvalue weighted by Gasteiger charge is 2.60. The molecule has 172 valence electrons. The predicted molar refractivity (Wildman–Crippen MR) is 122 cm³/mol. The molecule has 4 aliphatic rings. The van der Waals surface area contributed by atoms with Gasteiger partial charge in [-0.15, -0.1) is 11.6 Å². The third-order valence-electron chi connectivity index (χ3n) is 7.30. The molecule has 0 aromatic heterocycles. The van der Waals surface area contributed by atoms with Crippen molar-refractivity contribution >= 4 is 33.2 Å². The molecule has 0 radical (unpaired) electrons. The van der Waals surface area contributed by atoms with Gasteiger partial charge in [-0.05, 0) is 75.5 Å². The van der Waals surface area contributed by atoms with Crippen LogP contribution in [0.1, 0.15) is 59.3 Å². The molecule has 0 spiro atoms. The van der Waals surface area contributed by atoms with Crippen LogP contribution in [-0.4, -0.2) is 43.2 Å². The molecular formula is C23H33ClN2O4S. The van der Waals surface area contributed by atoms with Crippen LogP contribution in [0.2, 0.25) is 0 Å². The number of carbonyl (C=O) groups excluding carboxylic acids is 1. The lowest BCUT2D eigenvalue weighted by molar-refractivity contribution is -0.138. The number of benzene rings is 1. The van der Waals surface area contributed by atoms with Crippen LogP contribution in [0.4, 0.5) is 5.69 Å². The first-order valence-corrected chi connectivity index (χ1v) is 13.2. The second-order valence-electron chi connectivity index (χ2n) is 9.53. The van der Waals surface area contributed by atoms with Crippen molar-refractivity contribution in [2.24, 2.45) is 17.3 Å². The summed E-state index contributed by atoms with van der Waals surface area (Å²) in [5.41, 5.74) is 0.0426. The quantitative estimate of drug-likeness (QED) is 0.564. The van der Waals surface area contributed by atoms with Gasteiger partial charge in [0.15, 0.2) is 0 Å². The smallest absolute Gasteiger partial charge is 0.246 e. The number of nitrogens with one attached hydrogen (secondary N) is 1. The van der Waals surface area contributed by atoms with Crippen LogP contribution in [0.3, 0.4) is 0 Å². The van der Waals surface area contributed by atoms with Gasteiger partial charge in [0.2, 0.25) is 15.9 Å². The highest BCUT2D eigenvalue weighted by molar-refractivity contribution is 7.89. The standard InChI is InChI=1S/C23H33ClN2O4S/c1-4-26(5-2)31(28,29)20-10-18(7-8-19(20)30-6-3)25-21(27)22-11-16-9-17(12-22)14-23(24,13-16)15-22/h7-8,10,16-17H,4-6,9,11-15H2,1-3H3,(H,25,27). The number of amides is 1. The molecular weight excluding hydrogens is 436 g/mol. The van der Waals surface area contributed by atoms with E-state index in [-0.39, 0.29) is 15.7 Å². The van der Waals surface area contributed by atoms with Crippen LogP contribution in [-0.2, 0) is 14.8 Å². The molecule has 6 nitrogen and oxygen atoms in total. The molecule has 4 bridgehead atoms. The highest BCUT2D eigenvalue weighted by atomic mass is 35.5. The Morgan fingerprint density at radius 2 is 1.81 bits per heavy atom. The maximum atomic E-state index is 13.5. The molecule has 1 aromatic rings. The van der Waals surface area contributed by atoms with E-state index in [1.807, 2.05) is 20.8 Å². The van der Waals surface area contributed by atoms with Gasteiger partial charge < -0.3 is 10.1 Å². The lowest BCUT2D eigenvalue weighted by Gasteiger charge is -2.59. The summed E-state index contributed by atoms with van der Waals surface area (Å²) in [6.07, 6.45) is 5.67. The zero-order valence-electron chi connectivity index (χ0n) is 18.6. The van der Waals surface area contributed by atoms with Gasteiger partial charge in [0.05, 0.1) is 12.0 Å². The Labute approximate surface area is 190 Å². The third kappa shape index (κ3) is 4.09. The van der Waals surface area contributed by atoms with Gasteiger partial charge in [0, 0.05) is 23.7 Å². The van der Waals surface area contributed by atoms with Crippen LogP contribution < -0.4 is 10.1 Å². The van der Waals surface area contributed by atoms with E-state index in [0.717, 1.165) is 25.7 Å². The first-order valence-electron chi connectivity index (χ1n) is 11.4. The van der Waals surface area contributed by atoms with E-state index in [9.17, 15) is 13.2 Å². The van der Waals surface area contributed by atoms with Crippen molar-refractivity contribution < 1.29 is 17.9 Å². The molecule has 4 saturated carbocycles. The maximum Gasteiger partial charge on any atom is 0.246 e. The van der Waals surface area contributed by atoms with Gasteiger partial charge in [-0.25, -0.2) is 8.42 Å². The summed E-state index contributed by atoms with van der Waals surface area (Å²) in [6, 6.07) is 4.90. The van der Waals surface area contributed by atoms with Crippen molar-refractivity contribution in [1.29, 1.82) is 0 Å². The van der Waals surface area contributed by atoms with E-state index in [1.165, 1.54) is 16.8 Å². The first-order chi connectivity index (χ1) is 14.6. The minimum Gasteiger partial charge on any atom is -0.492 e. The molecule has 4 aliphatic carbocycles. The summed E-state index contributed by atoms with van der Waals surface area (Å²) in [5.74, 6) is 1.32. The molecule has 0 aliphatic heterocycles. The number of alkyl halides is 1. The molecule has 0 heterocycles. The average Bonchev–Trinajstić information content (AvgIpc) is 2.68. The molecule has 1 aromatic carbocycles. The summed E-state index contributed by atoms with van der Waals surface area (Å²) in [6.45, 7) is 6.52. The molecule has 1 N–H and O–H groups in total. The molecule has 1 amide bonds. The number of carbonyl (C=O) groups is 1. The fourth-order valence-corrected chi connectivity index (χ4v) is 8.75. The van der Waals surface area contributed by atoms with Gasteiger partial charge >= 0.3 is 0 Å². The summed E-state index contributed by atoms with van der Waals surface area (Å²) < 4.78 is 33.4. The van der Waals surface area contributed by atoms with E-state index in [2.05, 4.69) is 5.32 Å². The summed E-state index contributed by atoms with van der Waals surface area (Å²) in [7, 11) is -3.73. The first kappa shape index (κ1) is 22.9. The van der Waals surface area contributed by atoms with Crippen molar-refractivity contribution in [3.05, 3.63) is 18.2 Å². The minimum absolute atomic E-state index is 0.0260. The van der Waals surface area contributed by atoms with Crippen molar-refractivity contribution in [3.63, 3.8) is 0 Å². The van der Waals surface area contributed by atoms with E-state index in [1.54, 1.807) is 12.1 Å². The zero-order valence-corrected chi connectivity index (χ0v) is 20.2. The number of hydrogen-bond acceptors (Lipinski definition) is 4. The van der Waals surface area contributed by atoms with Crippen LogP contribution in [0.5, 0.6) is 5.75 Å². The SMILES string of the molecule is CCOc1ccc(NC(=O)C23CC4CC(CC(Cl)(C4)C2)C3)cc1S(=O)(=O)N(CC)CC. The second-order valence-corrected chi connectivity index (χ2v) is 12.2. The Kier molecular flexibility index (Phi) is 6.07. The molecule has 5 rings (SSSR count). The van der Waals surface area contributed by atoms with Gasteiger partial charge in [-0.3, -0.25) is 4.79 Å².